The summed E-state index contributed by atoms with van der Waals surface area (Å²) in [5, 5.41) is 9.17. The fourth-order valence-corrected chi connectivity index (χ4v) is 2.02. The van der Waals surface area contributed by atoms with E-state index in [1.807, 2.05) is 0 Å². The van der Waals surface area contributed by atoms with Crippen LogP contribution < -0.4 is 0 Å². The van der Waals surface area contributed by atoms with Gasteiger partial charge in [0.15, 0.2) is 5.79 Å². The molecule has 0 spiro atoms. The van der Waals surface area contributed by atoms with Gasteiger partial charge in [0.25, 0.3) is 0 Å². The lowest BCUT2D eigenvalue weighted by Crippen LogP contribution is -2.50. The number of methoxy groups -OCH3 is 3. The Morgan fingerprint density at radius 3 is 2.65 bits per heavy atom. The highest BCUT2D eigenvalue weighted by molar-refractivity contribution is 5.70. The second-order valence-corrected chi connectivity index (χ2v) is 4.09. The molecule has 0 bridgehead atoms. The molecule has 1 N–H and O–H groups in total. The van der Waals surface area contributed by atoms with E-state index in [-0.39, 0.29) is 19.1 Å². The lowest BCUT2D eigenvalue weighted by Gasteiger charge is -2.42. The van der Waals surface area contributed by atoms with Gasteiger partial charge in [0.05, 0.1) is 32.3 Å². The Morgan fingerprint density at radius 2 is 2.18 bits per heavy atom. The quantitative estimate of drug-likeness (QED) is 0.694. The van der Waals surface area contributed by atoms with E-state index in [0.29, 0.717) is 12.8 Å². The van der Waals surface area contributed by atoms with E-state index in [1.165, 1.54) is 14.2 Å². The van der Waals surface area contributed by atoms with Gasteiger partial charge in [0.2, 0.25) is 0 Å². The van der Waals surface area contributed by atoms with Crippen molar-refractivity contribution in [1.29, 1.82) is 0 Å². The summed E-state index contributed by atoms with van der Waals surface area (Å²) in [6.07, 6.45) is 0.505. The summed E-state index contributed by atoms with van der Waals surface area (Å²) >= 11 is 0. The Kier molecular flexibility index (Phi) is 5.32. The topological polar surface area (TPSA) is 74.2 Å². The summed E-state index contributed by atoms with van der Waals surface area (Å²) < 4.78 is 20.8. The predicted molar refractivity (Wildman–Crippen MR) is 58.4 cm³/mol. The molecular weight excluding hydrogens is 228 g/mol. The molecule has 1 aliphatic rings. The van der Waals surface area contributed by atoms with Crippen molar-refractivity contribution in [2.75, 3.05) is 27.9 Å². The van der Waals surface area contributed by atoms with Crippen LogP contribution >= 0.6 is 0 Å². The van der Waals surface area contributed by atoms with Crippen molar-refractivity contribution in [3.63, 3.8) is 0 Å². The smallest absolute Gasteiger partial charge is 0.310 e. The van der Waals surface area contributed by atoms with Gasteiger partial charge in [-0.05, 0) is 0 Å². The average Bonchev–Trinajstić information content (AvgIpc) is 2.37. The van der Waals surface area contributed by atoms with E-state index in [0.717, 1.165) is 0 Å². The third-order valence-corrected chi connectivity index (χ3v) is 3.00. The summed E-state index contributed by atoms with van der Waals surface area (Å²) in [6.45, 7) is -0.133. The highest BCUT2D eigenvalue weighted by atomic mass is 16.7. The molecule has 0 aromatic heterocycles. The lowest BCUT2D eigenvalue weighted by molar-refractivity contribution is -0.293. The summed E-state index contributed by atoms with van der Waals surface area (Å²) in [4.78, 5) is 11.3. The second-order valence-electron chi connectivity index (χ2n) is 4.09. The van der Waals surface area contributed by atoms with Gasteiger partial charge < -0.3 is 24.1 Å². The largest absolute Gasteiger partial charge is 0.469 e. The van der Waals surface area contributed by atoms with E-state index < -0.39 is 17.9 Å². The molecule has 0 radical (unpaired) electrons. The Morgan fingerprint density at radius 1 is 1.47 bits per heavy atom. The Balaban J connectivity index is 2.77. The van der Waals surface area contributed by atoms with Gasteiger partial charge in [-0.3, -0.25) is 4.79 Å². The first kappa shape index (κ1) is 14.4. The number of aliphatic hydroxyl groups is 1. The number of ether oxygens (including phenoxy) is 4. The van der Waals surface area contributed by atoms with Gasteiger partial charge in [-0.2, -0.15) is 0 Å². The second kappa shape index (κ2) is 6.30. The van der Waals surface area contributed by atoms with Gasteiger partial charge in [0, 0.05) is 27.1 Å². The molecule has 3 atom stereocenters. The van der Waals surface area contributed by atoms with Crippen LogP contribution in [0.4, 0.5) is 0 Å². The van der Waals surface area contributed by atoms with Crippen LogP contribution in [0.1, 0.15) is 19.3 Å². The fraction of sp³-hybridized carbons (Fsp3) is 0.909. The number of rotatable bonds is 5. The van der Waals surface area contributed by atoms with Gasteiger partial charge >= 0.3 is 5.97 Å². The van der Waals surface area contributed by atoms with Crippen molar-refractivity contribution < 1.29 is 28.8 Å². The molecule has 17 heavy (non-hydrogen) atoms. The van der Waals surface area contributed by atoms with E-state index in [9.17, 15) is 9.90 Å². The Bertz CT molecular complexity index is 242. The van der Waals surface area contributed by atoms with Crippen LogP contribution in [-0.2, 0) is 23.7 Å². The molecule has 0 amide bonds. The molecule has 0 saturated carbocycles. The first-order valence-corrected chi connectivity index (χ1v) is 5.52. The first-order chi connectivity index (χ1) is 8.09. The lowest BCUT2D eigenvalue weighted by atomic mass is 9.96. The standard InChI is InChI=1S/C11H20O6/c1-14-8-4-9(7-12)17-11(5-8,16-3)6-10(13)15-2/h8-9,12H,4-7H2,1-3H3/t8-,9-,11+/m0/s1. The number of carbonyl (C=O) groups excluding carboxylic acids is 1. The minimum Gasteiger partial charge on any atom is -0.469 e. The van der Waals surface area contributed by atoms with Gasteiger partial charge in [-0.25, -0.2) is 0 Å². The van der Waals surface area contributed by atoms with Crippen molar-refractivity contribution >= 4 is 5.97 Å². The molecule has 1 heterocycles. The summed E-state index contributed by atoms with van der Waals surface area (Å²) in [5.74, 6) is -1.49. The van der Waals surface area contributed by atoms with Gasteiger partial charge in [-0.15, -0.1) is 0 Å². The fourth-order valence-electron chi connectivity index (χ4n) is 2.02. The Labute approximate surface area is 101 Å². The van der Waals surface area contributed by atoms with E-state index in [4.69, 9.17) is 14.2 Å². The molecule has 6 nitrogen and oxygen atoms in total. The zero-order chi connectivity index (χ0) is 12.9. The van der Waals surface area contributed by atoms with Crippen molar-refractivity contribution in [2.45, 2.75) is 37.3 Å². The summed E-state index contributed by atoms with van der Waals surface area (Å²) in [5.41, 5.74) is 0. The third kappa shape index (κ3) is 3.64. The van der Waals surface area contributed by atoms with Crippen molar-refractivity contribution in [3.8, 4) is 0 Å². The zero-order valence-electron chi connectivity index (χ0n) is 10.5. The van der Waals surface area contributed by atoms with Crippen LogP contribution in [0.15, 0.2) is 0 Å². The number of carbonyl (C=O) groups is 1. The maximum Gasteiger partial charge on any atom is 0.310 e. The van der Waals surface area contributed by atoms with Crippen LogP contribution in [0.2, 0.25) is 0 Å². The first-order valence-electron chi connectivity index (χ1n) is 5.52. The molecule has 100 valence electrons. The molecule has 0 aromatic carbocycles. The number of esters is 1. The van der Waals surface area contributed by atoms with E-state index >= 15 is 0 Å². The molecule has 6 heteroatoms. The number of hydrogen-bond acceptors (Lipinski definition) is 6. The van der Waals surface area contributed by atoms with Crippen LogP contribution in [0.5, 0.6) is 0 Å². The SMILES string of the molecule is COC(=O)C[C@@]1(OC)C[C@@H](OC)C[C@@H](CO)O1. The zero-order valence-corrected chi connectivity index (χ0v) is 10.5. The highest BCUT2D eigenvalue weighted by Gasteiger charge is 2.44. The third-order valence-electron chi connectivity index (χ3n) is 3.00. The van der Waals surface area contributed by atoms with E-state index in [2.05, 4.69) is 4.74 Å². The number of hydrogen-bond donors (Lipinski definition) is 1. The van der Waals surface area contributed by atoms with Crippen LogP contribution in [0, 0.1) is 0 Å². The van der Waals surface area contributed by atoms with Gasteiger partial charge in [0.1, 0.15) is 0 Å². The van der Waals surface area contributed by atoms with Crippen LogP contribution in [0.25, 0.3) is 0 Å². The molecule has 1 saturated heterocycles. The molecule has 0 aliphatic carbocycles. The highest BCUT2D eigenvalue weighted by Crippen LogP contribution is 2.34. The molecule has 1 rings (SSSR count). The molecule has 1 aliphatic heterocycles. The minimum absolute atomic E-state index is 0.0175. The molecular formula is C11H20O6. The van der Waals surface area contributed by atoms with Crippen molar-refractivity contribution in [2.24, 2.45) is 0 Å². The maximum atomic E-state index is 11.3. The molecule has 0 unspecified atom stereocenters. The molecule has 1 fully saturated rings. The summed E-state index contributed by atoms with van der Waals surface area (Å²) in [7, 11) is 4.37. The average molecular weight is 248 g/mol. The normalized spacial score (nSPS) is 33.4. The number of aliphatic hydroxyl groups excluding tert-OH is 1. The summed E-state index contributed by atoms with van der Waals surface area (Å²) in [6, 6.07) is 0. The predicted octanol–water partition coefficient (Wildman–Crippen LogP) is 0.0785. The van der Waals surface area contributed by atoms with Crippen molar-refractivity contribution in [3.05, 3.63) is 0 Å². The van der Waals surface area contributed by atoms with Crippen LogP contribution in [0.3, 0.4) is 0 Å². The van der Waals surface area contributed by atoms with E-state index in [1.54, 1.807) is 7.11 Å². The maximum absolute atomic E-state index is 11.3. The molecule has 0 aromatic rings. The Hall–Kier alpha value is -0.690. The van der Waals surface area contributed by atoms with Gasteiger partial charge in [-0.1, -0.05) is 0 Å². The van der Waals surface area contributed by atoms with Crippen LogP contribution in [-0.4, -0.2) is 57.0 Å². The van der Waals surface area contributed by atoms with Crippen molar-refractivity contribution in [1.82, 2.24) is 0 Å². The monoisotopic (exact) mass is 248 g/mol. The minimum atomic E-state index is -1.07.